The molecule has 0 saturated carbocycles. The van der Waals surface area contributed by atoms with Crippen LogP contribution in [0.15, 0.2) is 66.7 Å². The van der Waals surface area contributed by atoms with Gasteiger partial charge >= 0.3 is 12.1 Å². The number of phenols is 1. The molecule has 0 heterocycles. The number of methoxy groups -OCH3 is 2. The Morgan fingerprint density at radius 1 is 0.970 bits per heavy atom. The molecule has 7 nitrogen and oxygen atoms in total. The van der Waals surface area contributed by atoms with Crippen LogP contribution in [0.2, 0.25) is 0 Å². The third-order valence-electron chi connectivity index (χ3n) is 5.81. The molecule has 0 unspecified atom stereocenters. The Balaban J connectivity index is 1.45. The van der Waals surface area contributed by atoms with Crippen molar-refractivity contribution in [2.24, 2.45) is 0 Å². The quantitative estimate of drug-likeness (QED) is 0.532. The molecule has 0 radical (unpaired) electrons. The fourth-order valence-corrected chi connectivity index (χ4v) is 4.20. The molecule has 1 amide bonds. The van der Waals surface area contributed by atoms with Crippen LogP contribution < -0.4 is 10.1 Å². The van der Waals surface area contributed by atoms with Gasteiger partial charge in [0, 0.05) is 12.3 Å². The smallest absolute Gasteiger partial charge is 0.407 e. The van der Waals surface area contributed by atoms with Crippen molar-refractivity contribution in [1.29, 1.82) is 0 Å². The van der Waals surface area contributed by atoms with E-state index in [2.05, 4.69) is 17.4 Å². The molecule has 4 rings (SSSR count). The Morgan fingerprint density at radius 3 is 2.21 bits per heavy atom. The molecule has 1 atom stereocenters. The number of rotatable bonds is 7. The van der Waals surface area contributed by atoms with Gasteiger partial charge in [-0.25, -0.2) is 9.59 Å². The zero-order chi connectivity index (χ0) is 23.4. The first-order valence-electron chi connectivity index (χ1n) is 10.6. The highest BCUT2D eigenvalue weighted by atomic mass is 16.6. The fraction of sp³-hybridized carbons (Fsp3) is 0.231. The van der Waals surface area contributed by atoms with Gasteiger partial charge in [-0.2, -0.15) is 0 Å². The van der Waals surface area contributed by atoms with Crippen molar-refractivity contribution in [2.75, 3.05) is 20.8 Å². The minimum absolute atomic E-state index is 0.0136. The number of hydrogen-bond donors (Lipinski definition) is 2. The largest absolute Gasteiger partial charge is 0.504 e. The zero-order valence-corrected chi connectivity index (χ0v) is 18.4. The van der Waals surface area contributed by atoms with Gasteiger partial charge in [0.1, 0.15) is 12.6 Å². The molecular weight excluding hydrogens is 422 g/mol. The van der Waals surface area contributed by atoms with E-state index in [4.69, 9.17) is 14.2 Å². The molecule has 0 bridgehead atoms. The number of alkyl carbamates (subject to hydrolysis) is 1. The summed E-state index contributed by atoms with van der Waals surface area (Å²) in [5.41, 5.74) is 5.16. The number of ether oxygens (including phenoxy) is 3. The van der Waals surface area contributed by atoms with Crippen molar-refractivity contribution in [3.63, 3.8) is 0 Å². The highest BCUT2D eigenvalue weighted by molar-refractivity contribution is 5.82. The maximum atomic E-state index is 12.6. The number of fused-ring (bicyclic) bond motifs is 3. The van der Waals surface area contributed by atoms with Crippen molar-refractivity contribution in [3.05, 3.63) is 83.4 Å². The molecular formula is C26H25NO6. The molecule has 0 spiro atoms. The number of aromatic hydroxyl groups is 1. The summed E-state index contributed by atoms with van der Waals surface area (Å²) >= 11 is 0. The molecule has 3 aromatic carbocycles. The molecule has 1 aliphatic rings. The number of benzene rings is 3. The second-order valence-electron chi connectivity index (χ2n) is 7.76. The molecule has 2 N–H and O–H groups in total. The lowest BCUT2D eigenvalue weighted by molar-refractivity contribution is -0.143. The van der Waals surface area contributed by atoms with E-state index in [1.807, 2.05) is 36.4 Å². The minimum atomic E-state index is -0.958. The van der Waals surface area contributed by atoms with Gasteiger partial charge < -0.3 is 24.6 Å². The molecule has 0 saturated heterocycles. The highest BCUT2D eigenvalue weighted by Gasteiger charge is 2.30. The van der Waals surface area contributed by atoms with Crippen molar-refractivity contribution >= 4 is 12.1 Å². The summed E-state index contributed by atoms with van der Waals surface area (Å²) in [4.78, 5) is 24.9. The van der Waals surface area contributed by atoms with Gasteiger partial charge in [0.05, 0.1) is 14.2 Å². The number of hydrogen-bond acceptors (Lipinski definition) is 6. The van der Waals surface area contributed by atoms with Gasteiger partial charge in [0.2, 0.25) is 0 Å². The van der Waals surface area contributed by atoms with Crippen molar-refractivity contribution in [2.45, 2.75) is 18.4 Å². The average Bonchev–Trinajstić information content (AvgIpc) is 3.16. The molecule has 0 fully saturated rings. The van der Waals surface area contributed by atoms with Crippen LogP contribution in [0.25, 0.3) is 11.1 Å². The van der Waals surface area contributed by atoms with Crippen LogP contribution in [0, 0.1) is 0 Å². The standard InChI is InChI=1S/C26H25NO6/c1-31-24-14-16(11-12-23(24)28)13-22(25(29)32-2)27-26(30)33-15-21-19-9-5-3-7-17(19)18-8-4-6-10-20(18)21/h3-12,14,21-22,28H,13,15H2,1-2H3,(H,27,30)/t22-/m0/s1. The van der Waals surface area contributed by atoms with Crippen LogP contribution in [0.3, 0.4) is 0 Å². The predicted molar refractivity (Wildman–Crippen MR) is 122 cm³/mol. The first kappa shape index (κ1) is 22.2. The summed E-state index contributed by atoms with van der Waals surface area (Å²) in [7, 11) is 2.69. The Morgan fingerprint density at radius 2 is 1.61 bits per heavy atom. The van der Waals surface area contributed by atoms with Gasteiger partial charge in [-0.3, -0.25) is 0 Å². The van der Waals surface area contributed by atoms with Gasteiger partial charge in [-0.05, 0) is 39.9 Å². The summed E-state index contributed by atoms with van der Waals surface area (Å²) in [6.45, 7) is 0.140. The number of carbonyl (C=O) groups is 2. The van der Waals surface area contributed by atoms with Crippen LogP contribution in [-0.4, -0.2) is 44.0 Å². The third-order valence-corrected chi connectivity index (χ3v) is 5.81. The van der Waals surface area contributed by atoms with E-state index in [0.717, 1.165) is 22.3 Å². The topological polar surface area (TPSA) is 94.1 Å². The summed E-state index contributed by atoms with van der Waals surface area (Å²) < 4.78 is 15.5. The van der Waals surface area contributed by atoms with Crippen LogP contribution in [0.1, 0.15) is 22.6 Å². The molecule has 3 aromatic rings. The van der Waals surface area contributed by atoms with Crippen molar-refractivity contribution in [3.8, 4) is 22.6 Å². The predicted octanol–water partition coefficient (Wildman–Crippen LogP) is 4.02. The number of amides is 1. The normalized spacial score (nSPS) is 12.9. The molecule has 1 aliphatic carbocycles. The van der Waals surface area contributed by atoms with E-state index in [0.29, 0.717) is 5.56 Å². The van der Waals surface area contributed by atoms with Crippen molar-refractivity contribution < 1.29 is 28.9 Å². The number of carbonyl (C=O) groups excluding carboxylic acids is 2. The summed E-state index contributed by atoms with van der Waals surface area (Å²) in [5.74, 6) is -0.422. The van der Waals surface area contributed by atoms with Gasteiger partial charge in [0.15, 0.2) is 11.5 Å². The summed E-state index contributed by atoms with van der Waals surface area (Å²) in [6.07, 6.45) is -0.564. The lowest BCUT2D eigenvalue weighted by Crippen LogP contribution is -2.43. The van der Waals surface area contributed by atoms with Gasteiger partial charge in [-0.1, -0.05) is 54.6 Å². The van der Waals surface area contributed by atoms with E-state index in [9.17, 15) is 14.7 Å². The number of nitrogens with one attached hydrogen (secondary N) is 1. The average molecular weight is 447 g/mol. The fourth-order valence-electron chi connectivity index (χ4n) is 4.20. The lowest BCUT2D eigenvalue weighted by atomic mass is 9.98. The van der Waals surface area contributed by atoms with E-state index in [-0.39, 0.29) is 30.4 Å². The van der Waals surface area contributed by atoms with Crippen molar-refractivity contribution in [1.82, 2.24) is 5.32 Å². The first-order chi connectivity index (χ1) is 16.0. The highest BCUT2D eigenvalue weighted by Crippen LogP contribution is 2.44. The maximum Gasteiger partial charge on any atom is 0.407 e. The van der Waals surface area contributed by atoms with E-state index in [1.54, 1.807) is 12.1 Å². The maximum absolute atomic E-state index is 12.6. The van der Waals surface area contributed by atoms with Gasteiger partial charge in [0.25, 0.3) is 0 Å². The summed E-state index contributed by atoms with van der Waals surface area (Å²) in [6, 6.07) is 19.9. The number of phenolic OH excluding ortho intramolecular Hbond substituents is 1. The van der Waals surface area contributed by atoms with Gasteiger partial charge in [-0.15, -0.1) is 0 Å². The molecule has 33 heavy (non-hydrogen) atoms. The van der Waals surface area contributed by atoms with Crippen LogP contribution >= 0.6 is 0 Å². The Hall–Kier alpha value is -4.00. The Labute approximate surface area is 191 Å². The van der Waals surface area contributed by atoms with Crippen LogP contribution in [0.5, 0.6) is 11.5 Å². The zero-order valence-electron chi connectivity index (χ0n) is 18.4. The molecule has 170 valence electrons. The number of esters is 1. The summed E-state index contributed by atoms with van der Waals surface area (Å²) in [5, 5.41) is 12.4. The van der Waals surface area contributed by atoms with Crippen LogP contribution in [0.4, 0.5) is 4.79 Å². The second kappa shape index (κ2) is 9.65. The SMILES string of the molecule is COC(=O)[C@H](Cc1ccc(O)c(OC)c1)NC(=O)OCC1c2ccccc2-c2ccccc21. The first-order valence-corrected chi connectivity index (χ1v) is 10.6. The van der Waals surface area contributed by atoms with E-state index in [1.165, 1.54) is 20.3 Å². The van der Waals surface area contributed by atoms with Crippen LogP contribution in [-0.2, 0) is 20.7 Å². The Kier molecular flexibility index (Phi) is 6.49. The Bertz CT molecular complexity index is 1130. The monoisotopic (exact) mass is 447 g/mol. The molecule has 0 aromatic heterocycles. The molecule has 7 heteroatoms. The molecule has 0 aliphatic heterocycles. The lowest BCUT2D eigenvalue weighted by Gasteiger charge is -2.19. The third kappa shape index (κ3) is 4.62. The van der Waals surface area contributed by atoms with E-state index >= 15 is 0 Å². The minimum Gasteiger partial charge on any atom is -0.504 e. The second-order valence-corrected chi connectivity index (χ2v) is 7.76. The van der Waals surface area contributed by atoms with E-state index < -0.39 is 18.1 Å².